The highest BCUT2D eigenvalue weighted by atomic mass is 19.1. The molecule has 1 saturated heterocycles. The molecule has 1 aliphatic rings. The molecule has 3 nitrogen and oxygen atoms in total. The normalized spacial score (nSPS) is 24.6. The van der Waals surface area contributed by atoms with Crippen LogP contribution in [0.2, 0.25) is 0 Å². The molecular weight excluding hydrogens is 216 g/mol. The molecule has 5 heteroatoms. The van der Waals surface area contributed by atoms with Crippen molar-refractivity contribution in [1.29, 1.82) is 0 Å². The molecule has 2 rings (SSSR count). The Balaban J connectivity index is 2.17. The summed E-state index contributed by atoms with van der Waals surface area (Å²) in [5.41, 5.74) is 0.459. The minimum absolute atomic E-state index is 0.286. The lowest BCUT2D eigenvalue weighted by Gasteiger charge is -2.12. The van der Waals surface area contributed by atoms with E-state index in [0.717, 1.165) is 6.07 Å². The summed E-state index contributed by atoms with van der Waals surface area (Å²) >= 11 is 0. The monoisotopic (exact) mass is 227 g/mol. The lowest BCUT2D eigenvalue weighted by molar-refractivity contribution is -0.139. The zero-order valence-corrected chi connectivity index (χ0v) is 8.41. The van der Waals surface area contributed by atoms with E-state index in [4.69, 9.17) is 5.11 Å². The fourth-order valence-corrected chi connectivity index (χ4v) is 1.98. The second-order valence-corrected chi connectivity index (χ2v) is 3.89. The van der Waals surface area contributed by atoms with Crippen molar-refractivity contribution in [3.05, 3.63) is 35.4 Å². The Kier molecular flexibility index (Phi) is 2.87. The molecule has 0 aliphatic carbocycles. The van der Waals surface area contributed by atoms with Crippen LogP contribution in [0.25, 0.3) is 0 Å². The van der Waals surface area contributed by atoms with Gasteiger partial charge >= 0.3 is 5.97 Å². The van der Waals surface area contributed by atoms with Gasteiger partial charge in [-0.3, -0.25) is 10.1 Å². The fraction of sp³-hybridized carbons (Fsp3) is 0.364. The van der Waals surface area contributed by atoms with Gasteiger partial charge in [-0.1, -0.05) is 0 Å². The van der Waals surface area contributed by atoms with Crippen molar-refractivity contribution in [3.8, 4) is 0 Å². The van der Waals surface area contributed by atoms with Gasteiger partial charge < -0.3 is 5.11 Å². The minimum atomic E-state index is -0.931. The van der Waals surface area contributed by atoms with E-state index >= 15 is 0 Å². The molecule has 86 valence electrons. The van der Waals surface area contributed by atoms with Crippen molar-refractivity contribution in [2.45, 2.75) is 24.9 Å². The van der Waals surface area contributed by atoms with Crippen LogP contribution in [0.15, 0.2) is 18.2 Å². The Morgan fingerprint density at radius 1 is 1.25 bits per heavy atom. The Labute approximate surface area is 91.1 Å². The van der Waals surface area contributed by atoms with Gasteiger partial charge in [0.2, 0.25) is 0 Å². The van der Waals surface area contributed by atoms with E-state index in [-0.39, 0.29) is 6.04 Å². The summed E-state index contributed by atoms with van der Waals surface area (Å²) in [6.45, 7) is 0. The second kappa shape index (κ2) is 4.17. The number of hydrogen-bond donors (Lipinski definition) is 2. The van der Waals surface area contributed by atoms with Crippen molar-refractivity contribution in [3.63, 3.8) is 0 Å². The molecule has 2 unspecified atom stereocenters. The summed E-state index contributed by atoms with van der Waals surface area (Å²) in [6.07, 6.45) is 1.04. The number of carboxylic acid groups (broad SMARTS) is 1. The number of nitrogens with one attached hydrogen (secondary N) is 1. The highest BCUT2D eigenvalue weighted by Gasteiger charge is 2.29. The number of carboxylic acids is 1. The van der Waals surface area contributed by atoms with Gasteiger partial charge in [0.1, 0.15) is 17.7 Å². The van der Waals surface area contributed by atoms with E-state index < -0.39 is 23.6 Å². The van der Waals surface area contributed by atoms with Crippen LogP contribution in [0.5, 0.6) is 0 Å². The predicted octanol–water partition coefficient (Wildman–Crippen LogP) is 1.84. The van der Waals surface area contributed by atoms with E-state index in [1.807, 2.05) is 0 Å². The predicted molar refractivity (Wildman–Crippen MR) is 52.9 cm³/mol. The van der Waals surface area contributed by atoms with E-state index in [0.29, 0.717) is 18.4 Å². The van der Waals surface area contributed by atoms with Gasteiger partial charge in [0.15, 0.2) is 0 Å². The molecule has 16 heavy (non-hydrogen) atoms. The van der Waals surface area contributed by atoms with E-state index in [1.54, 1.807) is 0 Å². The lowest BCUT2D eigenvalue weighted by Crippen LogP contribution is -2.31. The molecule has 0 spiro atoms. The van der Waals surface area contributed by atoms with E-state index in [2.05, 4.69) is 5.32 Å². The van der Waals surface area contributed by atoms with Gasteiger partial charge in [0.05, 0.1) is 0 Å². The summed E-state index contributed by atoms with van der Waals surface area (Å²) in [7, 11) is 0. The van der Waals surface area contributed by atoms with Crippen LogP contribution in [0.4, 0.5) is 8.78 Å². The number of carbonyl (C=O) groups is 1. The topological polar surface area (TPSA) is 49.3 Å². The molecule has 1 aromatic rings. The van der Waals surface area contributed by atoms with Gasteiger partial charge in [-0.05, 0) is 30.5 Å². The maximum atomic E-state index is 13.0. The molecule has 1 fully saturated rings. The van der Waals surface area contributed by atoms with Crippen LogP contribution in [-0.4, -0.2) is 17.1 Å². The van der Waals surface area contributed by atoms with Crippen LogP contribution in [-0.2, 0) is 4.79 Å². The minimum Gasteiger partial charge on any atom is -0.480 e. The maximum Gasteiger partial charge on any atom is 0.320 e. The van der Waals surface area contributed by atoms with Crippen LogP contribution < -0.4 is 5.32 Å². The highest BCUT2D eigenvalue weighted by molar-refractivity contribution is 5.73. The summed E-state index contributed by atoms with van der Waals surface area (Å²) in [4.78, 5) is 10.7. The Morgan fingerprint density at radius 2 is 1.88 bits per heavy atom. The number of aliphatic carboxylic acids is 1. The van der Waals surface area contributed by atoms with Gasteiger partial charge in [0.25, 0.3) is 0 Å². The molecule has 0 amide bonds. The molecule has 0 bridgehead atoms. The lowest BCUT2D eigenvalue weighted by atomic mass is 10.1. The molecule has 0 aromatic heterocycles. The first kappa shape index (κ1) is 11.0. The van der Waals surface area contributed by atoms with E-state index in [9.17, 15) is 13.6 Å². The van der Waals surface area contributed by atoms with Crippen molar-refractivity contribution in [2.24, 2.45) is 0 Å². The molecule has 1 heterocycles. The van der Waals surface area contributed by atoms with Crippen LogP contribution >= 0.6 is 0 Å². The number of rotatable bonds is 2. The second-order valence-electron chi connectivity index (χ2n) is 3.89. The van der Waals surface area contributed by atoms with Crippen molar-refractivity contribution >= 4 is 5.97 Å². The first-order chi connectivity index (χ1) is 7.56. The Bertz CT molecular complexity index is 402. The summed E-state index contributed by atoms with van der Waals surface area (Å²) in [5, 5.41) is 11.6. The zero-order valence-electron chi connectivity index (χ0n) is 8.41. The van der Waals surface area contributed by atoms with Crippen LogP contribution in [0, 0.1) is 11.6 Å². The molecule has 1 aromatic carbocycles. The largest absolute Gasteiger partial charge is 0.480 e. The summed E-state index contributed by atoms with van der Waals surface area (Å²) in [5.74, 6) is -2.22. The Hall–Kier alpha value is -1.49. The fourth-order valence-electron chi connectivity index (χ4n) is 1.98. The van der Waals surface area contributed by atoms with Crippen molar-refractivity contribution in [1.82, 2.24) is 5.32 Å². The average molecular weight is 227 g/mol. The van der Waals surface area contributed by atoms with Crippen molar-refractivity contribution < 1.29 is 18.7 Å². The third kappa shape index (κ3) is 2.19. The van der Waals surface area contributed by atoms with Crippen LogP contribution in [0.3, 0.4) is 0 Å². The number of hydrogen-bond acceptors (Lipinski definition) is 2. The third-order valence-electron chi connectivity index (χ3n) is 2.73. The van der Waals surface area contributed by atoms with Gasteiger partial charge in [0, 0.05) is 12.1 Å². The van der Waals surface area contributed by atoms with Crippen molar-refractivity contribution in [2.75, 3.05) is 0 Å². The van der Waals surface area contributed by atoms with Gasteiger partial charge in [-0.25, -0.2) is 8.78 Å². The van der Waals surface area contributed by atoms with E-state index in [1.165, 1.54) is 12.1 Å². The standard InChI is InChI=1S/C11H11F2NO2/c12-7-3-6(4-8(13)5-7)9-1-2-10(14-9)11(15)16/h3-5,9-10,14H,1-2H2,(H,15,16). The maximum absolute atomic E-state index is 13.0. The number of benzene rings is 1. The summed E-state index contributed by atoms with van der Waals surface area (Å²) in [6, 6.07) is 2.34. The van der Waals surface area contributed by atoms with Gasteiger partial charge in [-0.15, -0.1) is 0 Å². The molecular formula is C11H11F2NO2. The molecule has 0 saturated carbocycles. The van der Waals surface area contributed by atoms with Gasteiger partial charge in [-0.2, -0.15) is 0 Å². The smallest absolute Gasteiger partial charge is 0.320 e. The third-order valence-corrected chi connectivity index (χ3v) is 2.73. The quantitative estimate of drug-likeness (QED) is 0.810. The summed E-state index contributed by atoms with van der Waals surface area (Å²) < 4.78 is 25.9. The number of halogens is 2. The molecule has 1 aliphatic heterocycles. The van der Waals surface area contributed by atoms with Crippen LogP contribution in [0.1, 0.15) is 24.4 Å². The SMILES string of the molecule is O=C(O)C1CCC(c2cc(F)cc(F)c2)N1. The first-order valence-electron chi connectivity index (χ1n) is 5.01. The highest BCUT2D eigenvalue weighted by Crippen LogP contribution is 2.27. The first-order valence-corrected chi connectivity index (χ1v) is 5.01. The zero-order chi connectivity index (χ0) is 11.7. The Morgan fingerprint density at radius 3 is 2.38 bits per heavy atom. The molecule has 2 N–H and O–H groups in total. The molecule has 2 atom stereocenters. The average Bonchev–Trinajstić information content (AvgIpc) is 2.64. The molecule has 0 radical (unpaired) electrons.